The summed E-state index contributed by atoms with van der Waals surface area (Å²) in [6, 6.07) is 2.71. The van der Waals surface area contributed by atoms with E-state index in [1.165, 1.54) is 6.07 Å². The Bertz CT molecular complexity index is 749. The summed E-state index contributed by atoms with van der Waals surface area (Å²) in [5, 5.41) is 32.8. The zero-order valence-electron chi connectivity index (χ0n) is 12.8. The van der Waals surface area contributed by atoms with Gasteiger partial charge in [0.25, 0.3) is 0 Å². The molecule has 122 valence electrons. The van der Waals surface area contributed by atoms with Gasteiger partial charge in [0.2, 0.25) is 0 Å². The molecule has 1 aromatic carbocycles. The molecule has 5 atom stereocenters. The van der Waals surface area contributed by atoms with Gasteiger partial charge in [0.15, 0.2) is 23.4 Å². The number of ether oxygens (including phenoxy) is 1. The topological polar surface area (TPSA) is 90.2 Å². The predicted molar refractivity (Wildman–Crippen MR) is 79.4 cm³/mol. The molecule has 2 aliphatic heterocycles. The highest BCUT2D eigenvalue weighted by Crippen LogP contribution is 2.66. The maximum atomic E-state index is 12.5. The van der Waals surface area contributed by atoms with E-state index in [2.05, 4.69) is 0 Å². The van der Waals surface area contributed by atoms with Gasteiger partial charge in [-0.3, -0.25) is 9.69 Å². The number of benzene rings is 1. The van der Waals surface area contributed by atoms with Crippen molar-refractivity contribution in [2.45, 2.75) is 48.5 Å². The molecule has 2 fully saturated rings. The second kappa shape index (κ2) is 3.88. The third-order valence-electron chi connectivity index (χ3n) is 6.56. The van der Waals surface area contributed by atoms with E-state index in [4.69, 9.17) is 4.74 Å². The number of nitrogens with zero attached hydrogens (tertiary/aromatic N) is 1. The minimum absolute atomic E-state index is 0.0316. The fourth-order valence-electron chi connectivity index (χ4n) is 5.63. The number of rotatable bonds is 0. The van der Waals surface area contributed by atoms with Gasteiger partial charge in [-0.05, 0) is 38.1 Å². The van der Waals surface area contributed by atoms with Crippen LogP contribution in [0.2, 0.25) is 0 Å². The standard InChI is InChI=1S/C17H19NO5/c1-18-7-6-16-11-8-2-3-9(19)13(11)23-15(16)10(20)4-5-17(16,22)14(18)12(8)21/h2-3,12,14-15,19,21-22H,4-7H2,1H3/t12-,14+,15-,16-,17+/m0/s1. The number of likely N-dealkylation sites (N-methyl/N-ethyl adjacent to an activating group) is 1. The van der Waals surface area contributed by atoms with Crippen LogP contribution in [0.4, 0.5) is 0 Å². The molecule has 4 aliphatic rings. The third-order valence-corrected chi connectivity index (χ3v) is 6.56. The molecule has 0 radical (unpaired) electrons. The van der Waals surface area contributed by atoms with Gasteiger partial charge >= 0.3 is 0 Å². The van der Waals surface area contributed by atoms with Crippen LogP contribution < -0.4 is 4.74 Å². The van der Waals surface area contributed by atoms with Crippen molar-refractivity contribution in [3.8, 4) is 11.5 Å². The Balaban J connectivity index is 1.91. The SMILES string of the molecule is CN1CC[C@]23c4c5ccc(O)c4O[C@H]2C(=O)CC[C@@]3(O)[C@H]1[C@H]5O. The Morgan fingerprint density at radius 1 is 1.35 bits per heavy atom. The minimum atomic E-state index is -1.23. The van der Waals surface area contributed by atoms with E-state index in [-0.39, 0.29) is 23.7 Å². The number of aromatic hydroxyl groups is 1. The highest BCUT2D eigenvalue weighted by molar-refractivity contribution is 5.90. The zero-order chi connectivity index (χ0) is 16.1. The second-order valence-electron chi connectivity index (χ2n) is 7.36. The van der Waals surface area contributed by atoms with Crippen LogP contribution in [-0.2, 0) is 10.2 Å². The first-order valence-electron chi connectivity index (χ1n) is 8.08. The summed E-state index contributed by atoms with van der Waals surface area (Å²) in [6.45, 7) is 0.658. The Labute approximate surface area is 133 Å². The molecular weight excluding hydrogens is 298 g/mol. The fraction of sp³-hybridized carbons (Fsp3) is 0.588. The summed E-state index contributed by atoms with van der Waals surface area (Å²) in [5.74, 6) is 0.200. The van der Waals surface area contributed by atoms with Gasteiger partial charge in [-0.1, -0.05) is 6.07 Å². The Morgan fingerprint density at radius 3 is 2.91 bits per heavy atom. The first-order chi connectivity index (χ1) is 10.9. The largest absolute Gasteiger partial charge is 0.504 e. The second-order valence-corrected chi connectivity index (χ2v) is 7.36. The average molecular weight is 317 g/mol. The van der Waals surface area contributed by atoms with Crippen molar-refractivity contribution in [2.24, 2.45) is 0 Å². The van der Waals surface area contributed by atoms with Gasteiger partial charge in [-0.15, -0.1) is 0 Å². The molecule has 2 aliphatic carbocycles. The van der Waals surface area contributed by atoms with E-state index >= 15 is 0 Å². The van der Waals surface area contributed by atoms with Crippen molar-refractivity contribution in [2.75, 3.05) is 13.6 Å². The van der Waals surface area contributed by atoms with Crippen molar-refractivity contribution >= 4 is 5.78 Å². The normalized spacial score (nSPS) is 44.0. The molecule has 0 aromatic heterocycles. The third kappa shape index (κ3) is 1.24. The van der Waals surface area contributed by atoms with Crippen molar-refractivity contribution in [3.05, 3.63) is 23.3 Å². The first kappa shape index (κ1) is 13.8. The summed E-state index contributed by atoms with van der Waals surface area (Å²) < 4.78 is 5.88. The number of phenols is 1. The summed E-state index contributed by atoms with van der Waals surface area (Å²) in [5.41, 5.74) is -0.780. The number of piperidine rings is 1. The Morgan fingerprint density at radius 2 is 2.13 bits per heavy atom. The molecule has 2 heterocycles. The zero-order valence-corrected chi connectivity index (χ0v) is 12.8. The lowest BCUT2D eigenvalue weighted by Gasteiger charge is -2.63. The molecule has 3 N–H and O–H groups in total. The number of hydrogen-bond donors (Lipinski definition) is 3. The quantitative estimate of drug-likeness (QED) is 0.635. The monoisotopic (exact) mass is 317 g/mol. The van der Waals surface area contributed by atoms with E-state index in [1.54, 1.807) is 6.07 Å². The van der Waals surface area contributed by atoms with Crippen LogP contribution in [0.5, 0.6) is 11.5 Å². The van der Waals surface area contributed by atoms with Gasteiger partial charge in [0.1, 0.15) is 0 Å². The van der Waals surface area contributed by atoms with Crippen LogP contribution in [0.1, 0.15) is 36.5 Å². The lowest BCUT2D eigenvalue weighted by atomic mass is 9.48. The lowest BCUT2D eigenvalue weighted by molar-refractivity contribution is -0.206. The maximum Gasteiger partial charge on any atom is 0.174 e. The molecular formula is C17H19NO5. The molecule has 23 heavy (non-hydrogen) atoms. The molecule has 0 amide bonds. The molecule has 6 nitrogen and oxygen atoms in total. The van der Waals surface area contributed by atoms with Crippen LogP contribution in [0.25, 0.3) is 0 Å². The molecule has 2 bridgehead atoms. The van der Waals surface area contributed by atoms with Gasteiger partial charge < -0.3 is 20.1 Å². The fourth-order valence-corrected chi connectivity index (χ4v) is 5.63. The number of Topliss-reactive ketones (excluding diaryl/α,β-unsaturated/α-hetero) is 1. The average Bonchev–Trinajstić information content (AvgIpc) is 2.86. The van der Waals surface area contributed by atoms with Crippen LogP contribution in [0.3, 0.4) is 0 Å². The van der Waals surface area contributed by atoms with Gasteiger partial charge in [0.05, 0.1) is 23.2 Å². The molecule has 1 aromatic rings. The van der Waals surface area contributed by atoms with Crippen LogP contribution in [-0.4, -0.2) is 57.3 Å². The van der Waals surface area contributed by atoms with Crippen molar-refractivity contribution in [1.82, 2.24) is 4.90 Å². The van der Waals surface area contributed by atoms with Crippen LogP contribution in [0, 0.1) is 0 Å². The molecule has 1 saturated carbocycles. The number of likely N-dealkylation sites (tertiary alicyclic amines) is 1. The molecule has 6 heteroatoms. The van der Waals surface area contributed by atoms with Crippen molar-refractivity contribution in [1.29, 1.82) is 0 Å². The Hall–Kier alpha value is -1.63. The number of hydrogen-bond acceptors (Lipinski definition) is 6. The molecule has 1 saturated heterocycles. The number of phenolic OH excluding ortho intramolecular Hbond substituents is 1. The van der Waals surface area contributed by atoms with Crippen LogP contribution >= 0.6 is 0 Å². The number of ketones is 1. The maximum absolute atomic E-state index is 12.5. The van der Waals surface area contributed by atoms with E-state index in [0.29, 0.717) is 30.5 Å². The number of aliphatic hydroxyl groups is 2. The molecule has 1 spiro atoms. The first-order valence-corrected chi connectivity index (χ1v) is 8.08. The Kier molecular flexibility index (Phi) is 2.33. The van der Waals surface area contributed by atoms with Crippen molar-refractivity contribution < 1.29 is 24.9 Å². The van der Waals surface area contributed by atoms with E-state index in [0.717, 1.165) is 0 Å². The summed E-state index contributed by atoms with van der Waals surface area (Å²) in [7, 11) is 1.90. The number of carbonyl (C=O) groups is 1. The molecule has 0 unspecified atom stereocenters. The summed E-state index contributed by atoms with van der Waals surface area (Å²) >= 11 is 0. The minimum Gasteiger partial charge on any atom is -0.504 e. The number of aliphatic hydroxyl groups excluding tert-OH is 1. The van der Waals surface area contributed by atoms with Crippen LogP contribution in [0.15, 0.2) is 12.1 Å². The van der Waals surface area contributed by atoms with Gasteiger partial charge in [-0.25, -0.2) is 0 Å². The van der Waals surface area contributed by atoms with E-state index in [9.17, 15) is 20.1 Å². The van der Waals surface area contributed by atoms with Gasteiger partial charge in [0, 0.05) is 12.0 Å². The summed E-state index contributed by atoms with van der Waals surface area (Å²) in [6.07, 6.45) is -0.533. The van der Waals surface area contributed by atoms with E-state index < -0.39 is 29.3 Å². The highest BCUT2D eigenvalue weighted by atomic mass is 16.5. The summed E-state index contributed by atoms with van der Waals surface area (Å²) in [4.78, 5) is 14.5. The van der Waals surface area contributed by atoms with Gasteiger partial charge in [-0.2, -0.15) is 0 Å². The number of carbonyl (C=O) groups excluding carboxylic acids is 1. The smallest absolute Gasteiger partial charge is 0.174 e. The lowest BCUT2D eigenvalue weighted by Crippen LogP contribution is -2.76. The molecule has 5 rings (SSSR count). The predicted octanol–water partition coefficient (Wildman–Crippen LogP) is 0.236. The van der Waals surface area contributed by atoms with Crippen molar-refractivity contribution in [3.63, 3.8) is 0 Å². The highest BCUT2D eigenvalue weighted by Gasteiger charge is 2.74. The van der Waals surface area contributed by atoms with E-state index in [1.807, 2.05) is 11.9 Å².